The molecule has 0 N–H and O–H groups in total. The lowest BCUT2D eigenvalue weighted by Crippen LogP contribution is -2.21. The number of fused-ring (bicyclic) bond motifs is 1. The average Bonchev–Trinajstić information content (AvgIpc) is 3.37. The summed E-state index contributed by atoms with van der Waals surface area (Å²) in [7, 11) is 0. The van der Waals surface area contributed by atoms with Crippen LogP contribution < -0.4 is 5.56 Å². The van der Waals surface area contributed by atoms with Crippen LogP contribution >= 0.6 is 22.9 Å². The number of aryl methyl sites for hydroxylation is 2. The van der Waals surface area contributed by atoms with E-state index in [2.05, 4.69) is 15.1 Å². The summed E-state index contributed by atoms with van der Waals surface area (Å²) in [6, 6.07) is 12.2. The molecule has 6 nitrogen and oxygen atoms in total. The Morgan fingerprint density at radius 1 is 1.19 bits per heavy atom. The molecule has 32 heavy (non-hydrogen) atoms. The van der Waals surface area contributed by atoms with Crippen LogP contribution in [0.3, 0.4) is 0 Å². The van der Waals surface area contributed by atoms with Gasteiger partial charge in [-0.3, -0.25) is 9.36 Å². The SMILES string of the molecule is Cc1cccc(-c2noc(-c3sc4ncn(Cc5c(F)cccc5Cl)c(=O)c4c3C)n2)c1. The third kappa shape index (κ3) is 3.51. The molecule has 160 valence electrons. The number of rotatable bonds is 4. The standard InChI is InChI=1S/C23H16ClFN4O2S/c1-12-5-3-6-14(9-12)20-27-21(31-28-20)19-13(2)18-22(32-19)26-11-29(23(18)30)10-15-16(24)7-4-8-17(15)25/h3-9,11H,10H2,1-2H3. The van der Waals surface area contributed by atoms with Gasteiger partial charge in [-0.25, -0.2) is 9.37 Å². The second kappa shape index (κ2) is 7.96. The fourth-order valence-electron chi connectivity index (χ4n) is 3.55. The van der Waals surface area contributed by atoms with Crippen molar-refractivity contribution in [1.29, 1.82) is 0 Å². The zero-order valence-electron chi connectivity index (χ0n) is 17.1. The predicted molar refractivity (Wildman–Crippen MR) is 123 cm³/mol. The molecule has 3 heterocycles. The van der Waals surface area contributed by atoms with Crippen molar-refractivity contribution in [2.45, 2.75) is 20.4 Å². The van der Waals surface area contributed by atoms with Crippen LogP contribution in [0, 0.1) is 19.7 Å². The van der Waals surface area contributed by atoms with E-state index in [9.17, 15) is 9.18 Å². The summed E-state index contributed by atoms with van der Waals surface area (Å²) >= 11 is 7.43. The van der Waals surface area contributed by atoms with Gasteiger partial charge in [-0.2, -0.15) is 4.98 Å². The zero-order chi connectivity index (χ0) is 22.4. The number of hydrogen-bond donors (Lipinski definition) is 0. The number of aromatic nitrogens is 4. The van der Waals surface area contributed by atoms with Gasteiger partial charge in [-0.15, -0.1) is 11.3 Å². The van der Waals surface area contributed by atoms with Gasteiger partial charge < -0.3 is 4.52 Å². The molecule has 0 aliphatic heterocycles. The van der Waals surface area contributed by atoms with E-state index in [0.717, 1.165) is 11.1 Å². The van der Waals surface area contributed by atoms with E-state index in [4.69, 9.17) is 16.1 Å². The van der Waals surface area contributed by atoms with E-state index < -0.39 is 5.82 Å². The van der Waals surface area contributed by atoms with Crippen LogP contribution in [-0.2, 0) is 6.54 Å². The smallest absolute Gasteiger partial charge is 0.268 e. The fourth-order valence-corrected chi connectivity index (χ4v) is 4.83. The molecule has 0 bridgehead atoms. The minimum absolute atomic E-state index is 0.0179. The topological polar surface area (TPSA) is 73.8 Å². The minimum atomic E-state index is -0.471. The van der Waals surface area contributed by atoms with Gasteiger partial charge in [-0.05, 0) is 37.6 Å². The average molecular weight is 467 g/mol. The zero-order valence-corrected chi connectivity index (χ0v) is 18.7. The van der Waals surface area contributed by atoms with E-state index in [1.54, 1.807) is 6.07 Å². The lowest BCUT2D eigenvalue weighted by Gasteiger charge is -2.08. The van der Waals surface area contributed by atoms with Crippen molar-refractivity contribution >= 4 is 33.2 Å². The van der Waals surface area contributed by atoms with Crippen LogP contribution in [0.4, 0.5) is 4.39 Å². The van der Waals surface area contributed by atoms with Gasteiger partial charge >= 0.3 is 0 Å². The monoisotopic (exact) mass is 466 g/mol. The van der Waals surface area contributed by atoms with Gasteiger partial charge in [0.2, 0.25) is 5.82 Å². The van der Waals surface area contributed by atoms with Crippen molar-refractivity contribution in [3.8, 4) is 22.2 Å². The Balaban J connectivity index is 1.57. The molecule has 5 aromatic rings. The molecule has 0 aliphatic rings. The highest BCUT2D eigenvalue weighted by atomic mass is 35.5. The molecular weight excluding hydrogens is 451 g/mol. The predicted octanol–water partition coefficient (Wildman–Crippen LogP) is 5.63. The van der Waals surface area contributed by atoms with Crippen LogP contribution in [0.2, 0.25) is 5.02 Å². The van der Waals surface area contributed by atoms with Crippen LogP contribution in [0.1, 0.15) is 16.7 Å². The van der Waals surface area contributed by atoms with E-state index in [0.29, 0.717) is 32.4 Å². The van der Waals surface area contributed by atoms with Crippen LogP contribution in [0.15, 0.2) is 58.1 Å². The Kier molecular flexibility index (Phi) is 5.11. The summed E-state index contributed by atoms with van der Waals surface area (Å²) in [6.07, 6.45) is 1.40. The maximum atomic E-state index is 14.2. The first kappa shape index (κ1) is 20.5. The van der Waals surface area contributed by atoms with Crippen molar-refractivity contribution in [3.05, 3.63) is 86.7 Å². The lowest BCUT2D eigenvalue weighted by molar-refractivity contribution is 0.433. The van der Waals surface area contributed by atoms with Gasteiger partial charge in [0.1, 0.15) is 10.6 Å². The minimum Gasteiger partial charge on any atom is -0.333 e. The highest BCUT2D eigenvalue weighted by Crippen LogP contribution is 2.35. The molecule has 0 saturated carbocycles. The first-order valence-electron chi connectivity index (χ1n) is 9.75. The fraction of sp³-hybridized carbons (Fsp3) is 0.130. The van der Waals surface area contributed by atoms with E-state index in [1.807, 2.05) is 38.1 Å². The number of hydrogen-bond acceptors (Lipinski definition) is 6. The third-order valence-corrected chi connectivity index (χ3v) is 6.75. The second-order valence-electron chi connectivity index (χ2n) is 7.41. The molecule has 0 saturated heterocycles. The van der Waals surface area contributed by atoms with Crippen LogP contribution in [0.25, 0.3) is 32.4 Å². The Morgan fingerprint density at radius 3 is 2.78 bits per heavy atom. The molecule has 0 unspecified atom stereocenters. The van der Waals surface area contributed by atoms with Gasteiger partial charge in [0, 0.05) is 16.1 Å². The Morgan fingerprint density at radius 2 is 2.00 bits per heavy atom. The van der Waals surface area contributed by atoms with E-state index >= 15 is 0 Å². The quantitative estimate of drug-likeness (QED) is 0.343. The maximum absolute atomic E-state index is 14.2. The van der Waals surface area contributed by atoms with Gasteiger partial charge in [0.05, 0.1) is 23.1 Å². The molecule has 0 amide bonds. The van der Waals surface area contributed by atoms with Crippen molar-refractivity contribution in [1.82, 2.24) is 19.7 Å². The molecule has 5 rings (SSSR count). The molecule has 9 heteroatoms. The Labute approximate surface area is 190 Å². The molecule has 0 spiro atoms. The highest BCUT2D eigenvalue weighted by Gasteiger charge is 2.21. The highest BCUT2D eigenvalue weighted by molar-refractivity contribution is 7.22. The number of benzene rings is 2. The van der Waals surface area contributed by atoms with Crippen molar-refractivity contribution in [2.75, 3.05) is 0 Å². The van der Waals surface area contributed by atoms with Crippen LogP contribution in [0.5, 0.6) is 0 Å². The van der Waals surface area contributed by atoms with E-state index in [-0.39, 0.29) is 22.7 Å². The first-order chi connectivity index (χ1) is 15.4. The summed E-state index contributed by atoms with van der Waals surface area (Å²) in [4.78, 5) is 23.3. The maximum Gasteiger partial charge on any atom is 0.268 e. The van der Waals surface area contributed by atoms with Crippen molar-refractivity contribution < 1.29 is 8.91 Å². The normalized spacial score (nSPS) is 11.4. The number of nitrogens with zero attached hydrogens (tertiary/aromatic N) is 4. The van der Waals surface area contributed by atoms with Gasteiger partial charge in [0.15, 0.2) is 0 Å². The summed E-state index contributed by atoms with van der Waals surface area (Å²) in [5.41, 5.74) is 2.58. The number of thiophene rings is 1. The summed E-state index contributed by atoms with van der Waals surface area (Å²) < 4.78 is 21.1. The molecule has 0 fully saturated rings. The Hall–Kier alpha value is -3.36. The summed E-state index contributed by atoms with van der Waals surface area (Å²) in [5, 5.41) is 4.79. The Bertz CT molecular complexity index is 1520. The third-order valence-electron chi connectivity index (χ3n) is 5.20. The van der Waals surface area contributed by atoms with Gasteiger partial charge in [-0.1, -0.05) is 46.6 Å². The van der Waals surface area contributed by atoms with Crippen molar-refractivity contribution in [3.63, 3.8) is 0 Å². The van der Waals surface area contributed by atoms with Crippen LogP contribution in [-0.4, -0.2) is 19.7 Å². The molecule has 0 aliphatic carbocycles. The lowest BCUT2D eigenvalue weighted by atomic mass is 10.1. The number of halogens is 2. The first-order valence-corrected chi connectivity index (χ1v) is 10.9. The van der Waals surface area contributed by atoms with Crippen molar-refractivity contribution in [2.24, 2.45) is 0 Å². The summed E-state index contributed by atoms with van der Waals surface area (Å²) in [5.74, 6) is 0.326. The second-order valence-corrected chi connectivity index (χ2v) is 8.81. The summed E-state index contributed by atoms with van der Waals surface area (Å²) in [6.45, 7) is 3.79. The molecule has 0 radical (unpaired) electrons. The molecule has 2 aromatic carbocycles. The van der Waals surface area contributed by atoms with E-state index in [1.165, 1.54) is 34.4 Å². The molecule has 0 atom stereocenters. The van der Waals surface area contributed by atoms with Gasteiger partial charge in [0.25, 0.3) is 11.4 Å². The largest absolute Gasteiger partial charge is 0.333 e. The molecular formula is C23H16ClFN4O2S. The molecule has 3 aromatic heterocycles.